The first-order valence-electron chi connectivity index (χ1n) is 5.36. The number of benzene rings is 1. The Morgan fingerprint density at radius 1 is 1.18 bits per heavy atom. The number of rotatable bonds is 1. The highest BCUT2D eigenvalue weighted by molar-refractivity contribution is 6.21. The SMILES string of the molecule is CC1C(=O)N(c2ccc(N)cc2F)C(=O)C1C. The van der Waals surface area contributed by atoms with E-state index >= 15 is 0 Å². The third-order valence-corrected chi connectivity index (χ3v) is 3.18. The molecule has 1 aromatic rings. The van der Waals surface area contributed by atoms with Gasteiger partial charge in [-0.2, -0.15) is 0 Å². The summed E-state index contributed by atoms with van der Waals surface area (Å²) in [5.41, 5.74) is 5.65. The minimum atomic E-state index is -0.659. The van der Waals surface area contributed by atoms with Crippen molar-refractivity contribution >= 4 is 23.2 Å². The molecule has 17 heavy (non-hydrogen) atoms. The molecule has 2 atom stereocenters. The van der Waals surface area contributed by atoms with E-state index in [1.54, 1.807) is 13.8 Å². The fourth-order valence-corrected chi connectivity index (χ4v) is 1.89. The standard InChI is InChI=1S/C12H13FN2O2/c1-6-7(2)12(17)15(11(6)16)10-4-3-8(14)5-9(10)13/h3-7H,14H2,1-2H3. The third-order valence-electron chi connectivity index (χ3n) is 3.18. The fraction of sp³-hybridized carbons (Fsp3) is 0.333. The van der Waals surface area contributed by atoms with E-state index in [1.807, 2.05) is 0 Å². The lowest BCUT2D eigenvalue weighted by Crippen LogP contribution is -2.31. The van der Waals surface area contributed by atoms with Crippen LogP contribution in [0.2, 0.25) is 0 Å². The van der Waals surface area contributed by atoms with Gasteiger partial charge >= 0.3 is 0 Å². The fourth-order valence-electron chi connectivity index (χ4n) is 1.89. The maximum Gasteiger partial charge on any atom is 0.237 e. The summed E-state index contributed by atoms with van der Waals surface area (Å²) in [6.45, 7) is 3.33. The Morgan fingerprint density at radius 2 is 1.71 bits per heavy atom. The van der Waals surface area contributed by atoms with Crippen LogP contribution in [0.5, 0.6) is 0 Å². The number of nitrogen functional groups attached to an aromatic ring is 1. The summed E-state index contributed by atoms with van der Waals surface area (Å²) in [4.78, 5) is 24.6. The van der Waals surface area contributed by atoms with Crippen LogP contribution in [-0.4, -0.2) is 11.8 Å². The van der Waals surface area contributed by atoms with Crippen molar-refractivity contribution in [2.75, 3.05) is 10.6 Å². The van der Waals surface area contributed by atoms with Gasteiger partial charge in [-0.3, -0.25) is 9.59 Å². The molecule has 1 aliphatic rings. The lowest BCUT2D eigenvalue weighted by atomic mass is 10.00. The molecular weight excluding hydrogens is 223 g/mol. The van der Waals surface area contributed by atoms with Crippen LogP contribution in [0.25, 0.3) is 0 Å². The van der Waals surface area contributed by atoms with Gasteiger partial charge in [-0.05, 0) is 18.2 Å². The molecule has 1 fully saturated rings. The highest BCUT2D eigenvalue weighted by Gasteiger charge is 2.43. The minimum absolute atomic E-state index is 0.0228. The van der Waals surface area contributed by atoms with Gasteiger partial charge in [0.15, 0.2) is 0 Å². The van der Waals surface area contributed by atoms with E-state index in [1.165, 1.54) is 12.1 Å². The molecule has 2 amide bonds. The largest absolute Gasteiger partial charge is 0.399 e. The van der Waals surface area contributed by atoms with Crippen LogP contribution in [0, 0.1) is 17.7 Å². The molecule has 2 rings (SSSR count). The molecular formula is C12H13FN2O2. The number of hydrogen-bond acceptors (Lipinski definition) is 3. The van der Waals surface area contributed by atoms with Gasteiger partial charge in [-0.25, -0.2) is 9.29 Å². The molecule has 1 aromatic carbocycles. The van der Waals surface area contributed by atoms with Crippen LogP contribution in [0.3, 0.4) is 0 Å². The molecule has 0 aliphatic carbocycles. The first-order valence-corrected chi connectivity index (χ1v) is 5.36. The maximum atomic E-state index is 13.7. The Kier molecular flexibility index (Phi) is 2.61. The predicted molar refractivity (Wildman–Crippen MR) is 61.6 cm³/mol. The Hall–Kier alpha value is -1.91. The van der Waals surface area contributed by atoms with Crippen molar-refractivity contribution in [3.8, 4) is 0 Å². The van der Waals surface area contributed by atoms with Gasteiger partial charge in [-0.1, -0.05) is 13.8 Å². The summed E-state index contributed by atoms with van der Waals surface area (Å²) in [6.07, 6.45) is 0. The zero-order chi connectivity index (χ0) is 12.7. The van der Waals surface area contributed by atoms with Crippen molar-refractivity contribution in [3.63, 3.8) is 0 Å². The summed E-state index contributed by atoms with van der Waals surface area (Å²) < 4.78 is 13.7. The summed E-state index contributed by atoms with van der Waals surface area (Å²) in [5.74, 6) is -2.23. The first kappa shape index (κ1) is 11.6. The second-order valence-corrected chi connectivity index (χ2v) is 4.30. The molecule has 0 saturated carbocycles. The number of carbonyl (C=O) groups excluding carboxylic acids is 2. The van der Waals surface area contributed by atoms with Crippen LogP contribution in [0.15, 0.2) is 18.2 Å². The van der Waals surface area contributed by atoms with Crippen molar-refractivity contribution in [1.29, 1.82) is 0 Å². The smallest absolute Gasteiger partial charge is 0.237 e. The van der Waals surface area contributed by atoms with Gasteiger partial charge in [0, 0.05) is 17.5 Å². The maximum absolute atomic E-state index is 13.7. The molecule has 1 saturated heterocycles. The summed E-state index contributed by atoms with van der Waals surface area (Å²) in [5, 5.41) is 0. The molecule has 2 N–H and O–H groups in total. The van der Waals surface area contributed by atoms with Crippen LogP contribution in [0.1, 0.15) is 13.8 Å². The van der Waals surface area contributed by atoms with Crippen molar-refractivity contribution in [3.05, 3.63) is 24.0 Å². The average molecular weight is 236 g/mol. The van der Waals surface area contributed by atoms with Gasteiger partial charge in [0.2, 0.25) is 11.8 Å². The number of anilines is 2. The zero-order valence-electron chi connectivity index (χ0n) is 9.61. The average Bonchev–Trinajstić information content (AvgIpc) is 2.45. The Bertz CT molecular complexity index is 481. The number of carbonyl (C=O) groups is 2. The predicted octanol–water partition coefficient (Wildman–Crippen LogP) is 1.55. The van der Waals surface area contributed by atoms with Gasteiger partial charge in [0.25, 0.3) is 0 Å². The van der Waals surface area contributed by atoms with E-state index in [2.05, 4.69) is 0 Å². The van der Waals surface area contributed by atoms with E-state index in [4.69, 9.17) is 5.73 Å². The molecule has 0 bridgehead atoms. The van der Waals surface area contributed by atoms with Gasteiger partial charge in [-0.15, -0.1) is 0 Å². The Labute approximate surface area is 98.2 Å². The quantitative estimate of drug-likeness (QED) is 0.594. The normalized spacial score (nSPS) is 24.5. The molecule has 0 spiro atoms. The lowest BCUT2D eigenvalue weighted by molar-refractivity contribution is -0.122. The summed E-state index contributed by atoms with van der Waals surface area (Å²) in [6, 6.07) is 3.92. The molecule has 4 nitrogen and oxygen atoms in total. The summed E-state index contributed by atoms with van der Waals surface area (Å²) >= 11 is 0. The highest BCUT2D eigenvalue weighted by atomic mass is 19.1. The molecule has 2 unspecified atom stereocenters. The van der Waals surface area contributed by atoms with Crippen molar-refractivity contribution in [2.24, 2.45) is 11.8 Å². The number of halogens is 1. The van der Waals surface area contributed by atoms with E-state index in [-0.39, 0.29) is 23.2 Å². The van der Waals surface area contributed by atoms with Crippen molar-refractivity contribution < 1.29 is 14.0 Å². The molecule has 0 aromatic heterocycles. The number of amides is 2. The number of hydrogen-bond donors (Lipinski definition) is 1. The van der Waals surface area contributed by atoms with Crippen LogP contribution in [-0.2, 0) is 9.59 Å². The second-order valence-electron chi connectivity index (χ2n) is 4.30. The molecule has 90 valence electrons. The second kappa shape index (κ2) is 3.84. The Morgan fingerprint density at radius 3 is 2.18 bits per heavy atom. The van der Waals surface area contributed by atoms with Crippen LogP contribution >= 0.6 is 0 Å². The monoisotopic (exact) mass is 236 g/mol. The van der Waals surface area contributed by atoms with E-state index in [0.717, 1.165) is 11.0 Å². The minimum Gasteiger partial charge on any atom is -0.399 e. The summed E-state index contributed by atoms with van der Waals surface area (Å²) in [7, 11) is 0. The van der Waals surface area contributed by atoms with Crippen LogP contribution < -0.4 is 10.6 Å². The van der Waals surface area contributed by atoms with Gasteiger partial charge in [0.05, 0.1) is 5.69 Å². The van der Waals surface area contributed by atoms with Crippen molar-refractivity contribution in [2.45, 2.75) is 13.8 Å². The lowest BCUT2D eigenvalue weighted by Gasteiger charge is -2.15. The number of nitrogens with zero attached hydrogens (tertiary/aromatic N) is 1. The zero-order valence-corrected chi connectivity index (χ0v) is 9.61. The topological polar surface area (TPSA) is 63.4 Å². The van der Waals surface area contributed by atoms with E-state index < -0.39 is 17.7 Å². The van der Waals surface area contributed by atoms with E-state index in [0.29, 0.717) is 0 Å². The molecule has 0 radical (unpaired) electrons. The first-order chi connectivity index (χ1) is 7.93. The molecule has 5 heteroatoms. The highest BCUT2D eigenvalue weighted by Crippen LogP contribution is 2.32. The Balaban J connectivity index is 2.47. The van der Waals surface area contributed by atoms with Gasteiger partial charge < -0.3 is 5.73 Å². The van der Waals surface area contributed by atoms with Crippen LogP contribution in [0.4, 0.5) is 15.8 Å². The third kappa shape index (κ3) is 1.67. The number of imide groups is 1. The molecule has 1 heterocycles. The van der Waals surface area contributed by atoms with E-state index in [9.17, 15) is 14.0 Å². The number of nitrogens with two attached hydrogens (primary N) is 1. The van der Waals surface area contributed by atoms with Crippen molar-refractivity contribution in [1.82, 2.24) is 0 Å². The van der Waals surface area contributed by atoms with Gasteiger partial charge in [0.1, 0.15) is 5.82 Å². The molecule has 1 aliphatic heterocycles.